The number of nitrogens with one attached hydrogen (secondary N) is 1. The lowest BCUT2D eigenvalue weighted by molar-refractivity contribution is 0.180. The van der Waals surface area contributed by atoms with Gasteiger partial charge in [-0.15, -0.1) is 0 Å². The van der Waals surface area contributed by atoms with Crippen LogP contribution in [-0.4, -0.2) is 16.7 Å². The molecule has 1 aromatic carbocycles. The van der Waals surface area contributed by atoms with Gasteiger partial charge in [0.1, 0.15) is 0 Å². The summed E-state index contributed by atoms with van der Waals surface area (Å²) in [6, 6.07) is 8.10. The fraction of sp³-hybridized carbons (Fsp3) is 0.462. The first-order valence-electron chi connectivity index (χ1n) is 5.72. The second-order valence-electron chi connectivity index (χ2n) is 4.83. The Balaban J connectivity index is 2.51. The number of amides is 1. The molecule has 4 heteroatoms. The van der Waals surface area contributed by atoms with Crippen LogP contribution < -0.4 is 11.1 Å². The molecule has 0 saturated carbocycles. The van der Waals surface area contributed by atoms with Gasteiger partial charge in [0.2, 0.25) is 0 Å². The molecule has 0 aliphatic rings. The van der Waals surface area contributed by atoms with Crippen molar-refractivity contribution in [1.29, 1.82) is 0 Å². The molecule has 0 aromatic heterocycles. The molecule has 0 unspecified atom stereocenters. The molecule has 0 spiro atoms. The second-order valence-corrected chi connectivity index (χ2v) is 4.83. The van der Waals surface area contributed by atoms with Gasteiger partial charge in [-0.3, -0.25) is 0 Å². The van der Waals surface area contributed by atoms with Crippen molar-refractivity contribution in [2.24, 2.45) is 5.73 Å². The highest BCUT2D eigenvalue weighted by Gasteiger charge is 2.19. The van der Waals surface area contributed by atoms with E-state index in [1.165, 1.54) is 5.56 Å². The number of benzene rings is 1. The molecule has 0 bridgehead atoms. The number of carbonyl (C=O) groups is 1. The monoisotopic (exact) mass is 236 g/mol. The number of hydrogen-bond acceptors (Lipinski definition) is 2. The third-order valence-electron chi connectivity index (χ3n) is 2.74. The number of carboxylic acid groups (broad SMARTS) is 1. The molecule has 1 amide bonds. The molecule has 0 aliphatic carbocycles. The van der Waals surface area contributed by atoms with Crippen molar-refractivity contribution in [1.82, 2.24) is 5.32 Å². The van der Waals surface area contributed by atoms with Gasteiger partial charge in [-0.05, 0) is 37.8 Å². The van der Waals surface area contributed by atoms with E-state index in [1.807, 2.05) is 38.1 Å². The molecule has 1 rings (SSSR count). The summed E-state index contributed by atoms with van der Waals surface area (Å²) in [5.74, 6) is 0. The summed E-state index contributed by atoms with van der Waals surface area (Å²) in [4.78, 5) is 10.6. The van der Waals surface area contributed by atoms with Gasteiger partial charge in [0.05, 0.1) is 0 Å². The first kappa shape index (κ1) is 13.5. The zero-order chi connectivity index (χ0) is 12.9. The zero-order valence-electron chi connectivity index (χ0n) is 10.4. The van der Waals surface area contributed by atoms with Crippen LogP contribution in [0.2, 0.25) is 0 Å². The summed E-state index contributed by atoms with van der Waals surface area (Å²) in [5.41, 5.74) is 7.42. The molecule has 0 saturated heterocycles. The van der Waals surface area contributed by atoms with Crippen LogP contribution in [0.3, 0.4) is 0 Å². The van der Waals surface area contributed by atoms with E-state index in [0.29, 0.717) is 6.54 Å². The van der Waals surface area contributed by atoms with Crippen molar-refractivity contribution in [2.75, 3.05) is 0 Å². The molecule has 0 heterocycles. The van der Waals surface area contributed by atoms with Gasteiger partial charge in [-0.2, -0.15) is 0 Å². The highest BCUT2D eigenvalue weighted by molar-refractivity contribution is 5.65. The molecular formula is C13H20N2O2. The lowest BCUT2D eigenvalue weighted by Crippen LogP contribution is -2.42. The van der Waals surface area contributed by atoms with E-state index >= 15 is 0 Å². The van der Waals surface area contributed by atoms with Crippen LogP contribution in [0.25, 0.3) is 0 Å². The topological polar surface area (TPSA) is 75.3 Å². The molecule has 0 fully saturated rings. The van der Waals surface area contributed by atoms with Gasteiger partial charge in [-0.25, -0.2) is 4.79 Å². The zero-order valence-corrected chi connectivity index (χ0v) is 10.4. The van der Waals surface area contributed by atoms with Crippen molar-refractivity contribution >= 4 is 6.09 Å². The van der Waals surface area contributed by atoms with Gasteiger partial charge < -0.3 is 16.2 Å². The largest absolute Gasteiger partial charge is 0.465 e. The Morgan fingerprint density at radius 3 is 2.29 bits per heavy atom. The summed E-state index contributed by atoms with van der Waals surface area (Å²) < 4.78 is 0. The van der Waals surface area contributed by atoms with Crippen LogP contribution in [0.1, 0.15) is 31.4 Å². The summed E-state index contributed by atoms with van der Waals surface area (Å²) in [6.07, 6.45) is 0.632. The Hall–Kier alpha value is -1.55. The number of nitrogens with two attached hydrogens (primary N) is 1. The van der Waals surface area contributed by atoms with Crippen LogP contribution in [0.5, 0.6) is 0 Å². The van der Waals surface area contributed by atoms with E-state index in [1.54, 1.807) is 0 Å². The standard InChI is InChI=1S/C13H20N2O2/c1-13(2,15-12(16)17)8-7-10-3-5-11(9-14)6-4-10/h3-6,15H,7-9,14H2,1-2H3,(H,16,17). The molecule has 0 atom stereocenters. The lowest BCUT2D eigenvalue weighted by atomic mass is 9.95. The smallest absolute Gasteiger partial charge is 0.405 e. The first-order chi connectivity index (χ1) is 7.93. The lowest BCUT2D eigenvalue weighted by Gasteiger charge is -2.24. The van der Waals surface area contributed by atoms with E-state index in [-0.39, 0.29) is 0 Å². The molecular weight excluding hydrogens is 216 g/mol. The minimum absolute atomic E-state index is 0.404. The number of hydrogen-bond donors (Lipinski definition) is 3. The third-order valence-corrected chi connectivity index (χ3v) is 2.74. The SMILES string of the molecule is CC(C)(CCc1ccc(CN)cc1)NC(=O)O. The quantitative estimate of drug-likeness (QED) is 0.733. The average molecular weight is 236 g/mol. The van der Waals surface area contributed by atoms with E-state index < -0.39 is 11.6 Å². The van der Waals surface area contributed by atoms with Crippen molar-refractivity contribution in [3.05, 3.63) is 35.4 Å². The van der Waals surface area contributed by atoms with Crippen molar-refractivity contribution in [3.63, 3.8) is 0 Å². The molecule has 4 nitrogen and oxygen atoms in total. The molecule has 17 heavy (non-hydrogen) atoms. The van der Waals surface area contributed by atoms with Crippen LogP contribution in [-0.2, 0) is 13.0 Å². The van der Waals surface area contributed by atoms with E-state index in [4.69, 9.17) is 10.8 Å². The molecule has 1 aromatic rings. The second kappa shape index (κ2) is 5.68. The number of rotatable bonds is 5. The van der Waals surface area contributed by atoms with E-state index in [0.717, 1.165) is 18.4 Å². The highest BCUT2D eigenvalue weighted by atomic mass is 16.4. The Bertz CT molecular complexity index is 372. The van der Waals surface area contributed by atoms with Gasteiger partial charge in [0.25, 0.3) is 0 Å². The Labute approximate surface area is 102 Å². The first-order valence-corrected chi connectivity index (χ1v) is 5.72. The van der Waals surface area contributed by atoms with Crippen LogP contribution >= 0.6 is 0 Å². The average Bonchev–Trinajstić information content (AvgIpc) is 2.25. The summed E-state index contributed by atoms with van der Waals surface area (Å²) in [6.45, 7) is 4.32. The maximum atomic E-state index is 10.6. The Kier molecular flexibility index (Phi) is 4.52. The van der Waals surface area contributed by atoms with Gasteiger partial charge in [-0.1, -0.05) is 24.3 Å². The highest BCUT2D eigenvalue weighted by Crippen LogP contribution is 2.14. The fourth-order valence-electron chi connectivity index (χ4n) is 1.65. The van der Waals surface area contributed by atoms with Gasteiger partial charge in [0, 0.05) is 12.1 Å². The predicted molar refractivity (Wildman–Crippen MR) is 67.9 cm³/mol. The van der Waals surface area contributed by atoms with Gasteiger partial charge in [0.15, 0.2) is 0 Å². The van der Waals surface area contributed by atoms with Gasteiger partial charge >= 0.3 is 6.09 Å². The summed E-state index contributed by atoms with van der Waals surface area (Å²) in [5, 5.41) is 11.2. The minimum atomic E-state index is -0.978. The van der Waals surface area contributed by atoms with E-state index in [2.05, 4.69) is 5.32 Å². The predicted octanol–water partition coefficient (Wildman–Crippen LogP) is 2.12. The normalized spacial score (nSPS) is 11.2. The molecule has 0 radical (unpaired) electrons. The summed E-state index contributed by atoms with van der Waals surface area (Å²) in [7, 11) is 0. The van der Waals surface area contributed by atoms with Crippen LogP contribution in [0.4, 0.5) is 4.79 Å². The van der Waals surface area contributed by atoms with Crippen LogP contribution in [0, 0.1) is 0 Å². The van der Waals surface area contributed by atoms with Crippen molar-refractivity contribution < 1.29 is 9.90 Å². The minimum Gasteiger partial charge on any atom is -0.465 e. The van der Waals surface area contributed by atoms with Crippen LogP contribution in [0.15, 0.2) is 24.3 Å². The Morgan fingerprint density at radius 1 is 1.29 bits per heavy atom. The Morgan fingerprint density at radius 2 is 1.82 bits per heavy atom. The molecule has 0 aliphatic heterocycles. The maximum absolute atomic E-state index is 10.6. The number of aryl methyl sites for hydroxylation is 1. The molecule has 94 valence electrons. The third kappa shape index (κ3) is 4.87. The summed E-state index contributed by atoms with van der Waals surface area (Å²) >= 11 is 0. The van der Waals surface area contributed by atoms with Crippen molar-refractivity contribution in [2.45, 2.75) is 38.8 Å². The maximum Gasteiger partial charge on any atom is 0.405 e. The fourth-order valence-corrected chi connectivity index (χ4v) is 1.65. The van der Waals surface area contributed by atoms with E-state index in [9.17, 15) is 4.79 Å². The van der Waals surface area contributed by atoms with Crippen molar-refractivity contribution in [3.8, 4) is 0 Å². The molecule has 4 N–H and O–H groups in total.